The number of piperidine rings is 1. The molecule has 1 aliphatic heterocycles. The van der Waals surface area contributed by atoms with Crippen LogP contribution in [0.2, 0.25) is 0 Å². The lowest BCUT2D eigenvalue weighted by atomic mass is 9.71. The first-order chi connectivity index (χ1) is 12.1. The Morgan fingerprint density at radius 1 is 1.40 bits per heavy atom. The maximum Gasteiger partial charge on any atom is 0.217 e. The van der Waals surface area contributed by atoms with E-state index in [0.717, 1.165) is 37.9 Å². The minimum absolute atomic E-state index is 0.217. The van der Waals surface area contributed by atoms with Crippen molar-refractivity contribution in [2.75, 3.05) is 13.1 Å². The molecule has 2 heterocycles. The summed E-state index contributed by atoms with van der Waals surface area (Å²) in [7, 11) is 0. The van der Waals surface area contributed by atoms with Gasteiger partial charge in [0, 0.05) is 36.5 Å². The highest BCUT2D eigenvalue weighted by Gasteiger charge is 2.41. The molecule has 0 saturated carbocycles. The molecule has 0 radical (unpaired) electrons. The Morgan fingerprint density at radius 3 is 2.96 bits per heavy atom. The standard InChI is InChI=1S/C19H24N4O2/c1-2-6-22-10-12(8-18(20)24)7-15-14-4-3-5-16-19(14)13(9-17(15)22)11-23(16)21-25/h3-5,11-12,15,17H,2,6-10H2,1H3,(H2,20,24)/t12-,15+,17+/m0/s1. The summed E-state index contributed by atoms with van der Waals surface area (Å²) < 4.78 is 1.45. The van der Waals surface area contributed by atoms with Gasteiger partial charge in [-0.1, -0.05) is 19.1 Å². The Bertz CT molecular complexity index is 828. The number of rotatable bonds is 5. The SMILES string of the molecule is CCCN1C[C@H](CC(N)=O)C[C@@H]2c3cccc4c3c(cn4N=O)C[C@H]21. The fourth-order valence-corrected chi connectivity index (χ4v) is 5.03. The summed E-state index contributed by atoms with van der Waals surface area (Å²) in [4.78, 5) is 25.2. The number of amides is 1. The van der Waals surface area contributed by atoms with Crippen LogP contribution in [0.5, 0.6) is 0 Å². The molecule has 1 saturated heterocycles. The van der Waals surface area contributed by atoms with Gasteiger partial charge in [-0.2, -0.15) is 0 Å². The van der Waals surface area contributed by atoms with Crippen molar-refractivity contribution < 1.29 is 4.79 Å². The molecular formula is C19H24N4O2. The van der Waals surface area contributed by atoms with Gasteiger partial charge in [0.15, 0.2) is 0 Å². The highest BCUT2D eigenvalue weighted by atomic mass is 16.3. The number of likely N-dealkylation sites (tertiary alicyclic amines) is 1. The molecule has 4 rings (SSSR count). The first-order valence-electron chi connectivity index (χ1n) is 9.11. The van der Waals surface area contributed by atoms with Crippen molar-refractivity contribution in [2.45, 2.75) is 44.6 Å². The Labute approximate surface area is 146 Å². The zero-order valence-corrected chi connectivity index (χ0v) is 14.5. The second-order valence-corrected chi connectivity index (χ2v) is 7.47. The third-order valence-corrected chi connectivity index (χ3v) is 5.85. The van der Waals surface area contributed by atoms with Crippen LogP contribution in [0.3, 0.4) is 0 Å². The van der Waals surface area contributed by atoms with Gasteiger partial charge < -0.3 is 5.73 Å². The van der Waals surface area contributed by atoms with Crippen molar-refractivity contribution in [3.8, 4) is 0 Å². The number of benzene rings is 1. The van der Waals surface area contributed by atoms with E-state index < -0.39 is 0 Å². The van der Waals surface area contributed by atoms with Crippen LogP contribution < -0.4 is 5.73 Å². The van der Waals surface area contributed by atoms with E-state index in [1.165, 1.54) is 21.2 Å². The van der Waals surface area contributed by atoms with Crippen LogP contribution in [0, 0.1) is 10.8 Å². The molecule has 0 spiro atoms. The fourth-order valence-electron chi connectivity index (χ4n) is 5.03. The second-order valence-electron chi connectivity index (χ2n) is 7.47. The van der Waals surface area contributed by atoms with Crippen LogP contribution in [0.15, 0.2) is 29.7 Å². The third kappa shape index (κ3) is 2.65. The molecule has 1 fully saturated rings. The number of nitrogens with two attached hydrogens (primary N) is 1. The van der Waals surface area contributed by atoms with Crippen LogP contribution in [0.25, 0.3) is 10.9 Å². The third-order valence-electron chi connectivity index (χ3n) is 5.85. The summed E-state index contributed by atoms with van der Waals surface area (Å²) in [5.74, 6) is 0.461. The molecule has 25 heavy (non-hydrogen) atoms. The molecule has 1 amide bonds. The molecular weight excluding hydrogens is 316 g/mol. The maximum absolute atomic E-state index is 11.5. The first-order valence-corrected chi connectivity index (χ1v) is 9.11. The zero-order valence-electron chi connectivity index (χ0n) is 14.5. The maximum atomic E-state index is 11.5. The smallest absolute Gasteiger partial charge is 0.217 e. The summed E-state index contributed by atoms with van der Waals surface area (Å²) >= 11 is 0. The molecule has 2 aliphatic rings. The number of carbonyl (C=O) groups is 1. The molecule has 2 N–H and O–H groups in total. The van der Waals surface area contributed by atoms with Gasteiger partial charge in [0.1, 0.15) is 0 Å². The van der Waals surface area contributed by atoms with E-state index in [4.69, 9.17) is 5.73 Å². The van der Waals surface area contributed by atoms with Crippen LogP contribution in [-0.4, -0.2) is 34.6 Å². The van der Waals surface area contributed by atoms with Crippen molar-refractivity contribution in [2.24, 2.45) is 16.9 Å². The van der Waals surface area contributed by atoms with Crippen LogP contribution in [0.1, 0.15) is 43.2 Å². The molecule has 0 bridgehead atoms. The Morgan fingerprint density at radius 2 is 2.24 bits per heavy atom. The zero-order chi connectivity index (χ0) is 17.6. The van der Waals surface area contributed by atoms with Gasteiger partial charge in [0.05, 0.1) is 10.8 Å². The lowest BCUT2D eigenvalue weighted by molar-refractivity contribution is -0.119. The summed E-state index contributed by atoms with van der Waals surface area (Å²) in [6.07, 6.45) is 5.33. The van der Waals surface area contributed by atoms with Gasteiger partial charge in [0.25, 0.3) is 0 Å². The molecule has 1 aromatic heterocycles. The molecule has 1 aliphatic carbocycles. The van der Waals surface area contributed by atoms with Gasteiger partial charge in [0.2, 0.25) is 5.91 Å². The normalized spacial score (nSPS) is 25.7. The van der Waals surface area contributed by atoms with Crippen molar-refractivity contribution in [1.29, 1.82) is 0 Å². The van der Waals surface area contributed by atoms with Crippen LogP contribution >= 0.6 is 0 Å². The van der Waals surface area contributed by atoms with E-state index in [0.29, 0.717) is 24.3 Å². The minimum atomic E-state index is -0.217. The number of aromatic nitrogens is 1. The van der Waals surface area contributed by atoms with E-state index in [9.17, 15) is 9.70 Å². The Balaban J connectivity index is 1.79. The van der Waals surface area contributed by atoms with Gasteiger partial charge in [-0.05, 0) is 48.9 Å². The number of hydrogen-bond acceptors (Lipinski definition) is 4. The predicted octanol–water partition coefficient (Wildman–Crippen LogP) is 2.79. The number of primary amides is 1. The molecule has 6 nitrogen and oxygen atoms in total. The molecule has 3 atom stereocenters. The summed E-state index contributed by atoms with van der Waals surface area (Å²) in [6, 6.07) is 6.56. The van der Waals surface area contributed by atoms with Crippen molar-refractivity contribution in [1.82, 2.24) is 9.58 Å². The van der Waals surface area contributed by atoms with E-state index in [1.54, 1.807) is 0 Å². The summed E-state index contributed by atoms with van der Waals surface area (Å²) in [6.45, 7) is 4.14. The number of nitroso groups, excluding NO2 is 1. The molecule has 1 aromatic carbocycles. The largest absolute Gasteiger partial charge is 0.370 e. The Hall–Kier alpha value is -2.21. The van der Waals surface area contributed by atoms with Gasteiger partial charge in [-0.25, -0.2) is 4.68 Å². The lowest BCUT2D eigenvalue weighted by Gasteiger charge is -2.47. The van der Waals surface area contributed by atoms with Crippen LogP contribution in [-0.2, 0) is 11.2 Å². The fraction of sp³-hybridized carbons (Fsp3) is 0.526. The average molecular weight is 340 g/mol. The van der Waals surface area contributed by atoms with E-state index in [-0.39, 0.29) is 5.91 Å². The van der Waals surface area contributed by atoms with Gasteiger partial charge in [-0.15, -0.1) is 4.91 Å². The van der Waals surface area contributed by atoms with Crippen LogP contribution in [0.4, 0.5) is 0 Å². The summed E-state index contributed by atoms with van der Waals surface area (Å²) in [5, 5.41) is 4.34. The van der Waals surface area contributed by atoms with Crippen molar-refractivity contribution in [3.63, 3.8) is 0 Å². The van der Waals surface area contributed by atoms with Gasteiger partial charge >= 0.3 is 0 Å². The quantitative estimate of drug-likeness (QED) is 0.850. The van der Waals surface area contributed by atoms with Gasteiger partial charge in [-0.3, -0.25) is 9.69 Å². The van der Waals surface area contributed by atoms with Crippen molar-refractivity contribution >= 4 is 16.8 Å². The van der Waals surface area contributed by atoms with E-state index >= 15 is 0 Å². The second kappa shape index (κ2) is 6.26. The first kappa shape index (κ1) is 16.3. The van der Waals surface area contributed by atoms with E-state index in [1.807, 2.05) is 18.3 Å². The minimum Gasteiger partial charge on any atom is -0.370 e. The molecule has 6 heteroatoms. The lowest BCUT2D eigenvalue weighted by Crippen LogP contribution is -2.50. The topological polar surface area (TPSA) is 80.7 Å². The molecule has 132 valence electrons. The summed E-state index contributed by atoms with van der Waals surface area (Å²) in [5.41, 5.74) is 8.87. The number of hydrogen-bond donors (Lipinski definition) is 1. The average Bonchev–Trinajstić information content (AvgIpc) is 2.95. The number of nitrogens with zero attached hydrogens (tertiary/aromatic N) is 3. The predicted molar refractivity (Wildman–Crippen MR) is 97.1 cm³/mol. The monoisotopic (exact) mass is 340 g/mol. The van der Waals surface area contributed by atoms with Crippen molar-refractivity contribution in [3.05, 3.63) is 40.4 Å². The molecule has 0 unspecified atom stereocenters. The number of fused-ring (bicyclic) bond motifs is 2. The number of carbonyl (C=O) groups excluding carboxylic acids is 1. The highest BCUT2D eigenvalue weighted by Crippen LogP contribution is 2.45. The van der Waals surface area contributed by atoms with E-state index in [2.05, 4.69) is 23.2 Å². The Kier molecular flexibility index (Phi) is 4.07. The molecule has 2 aromatic rings. The highest BCUT2D eigenvalue weighted by molar-refractivity contribution is 5.89.